The first-order chi connectivity index (χ1) is 18.2. The third kappa shape index (κ3) is 12.9. The van der Waals surface area contributed by atoms with Crippen LogP contribution in [0.4, 0.5) is 16.2 Å². The summed E-state index contributed by atoms with van der Waals surface area (Å²) in [5, 5.41) is 7.92. The number of halogens is 1. The Labute approximate surface area is 243 Å². The Bertz CT molecular complexity index is 1010. The van der Waals surface area contributed by atoms with Gasteiger partial charge in [-0.1, -0.05) is 107 Å². The maximum atomic E-state index is 12.6. The number of para-hydroxylation sites is 1. The molecule has 0 atom stereocenters. The van der Waals surface area contributed by atoms with Crippen molar-refractivity contribution in [2.45, 2.75) is 90.5 Å². The highest BCUT2D eigenvalue weighted by atomic mass is 79.9. The highest BCUT2D eigenvalue weighted by Crippen LogP contribution is 2.19. The molecule has 1 heterocycles. The van der Waals surface area contributed by atoms with E-state index in [4.69, 9.17) is 4.74 Å². The Balaban J connectivity index is 0.00000507. The van der Waals surface area contributed by atoms with E-state index in [2.05, 4.69) is 27.6 Å². The number of amides is 2. The molecular formula is C31H44BrN3O2S. The molecule has 2 N–H and O–H groups in total. The molecule has 0 saturated heterocycles. The van der Waals surface area contributed by atoms with E-state index >= 15 is 0 Å². The summed E-state index contributed by atoms with van der Waals surface area (Å²) in [6, 6.07) is 15.2. The SMILES string of the molecule is CCCCCCCCCCCCCCOc1ccc(NC(=O)Nc2ccccc2C[n+]2ccsc2)cc1.[Br-]. The summed E-state index contributed by atoms with van der Waals surface area (Å²) in [5.74, 6) is 0.840. The Hall–Kier alpha value is -2.38. The molecule has 0 unspecified atom stereocenters. The van der Waals surface area contributed by atoms with Crippen molar-refractivity contribution in [1.82, 2.24) is 0 Å². The topological polar surface area (TPSA) is 54.2 Å². The first-order valence-corrected chi connectivity index (χ1v) is 15.0. The van der Waals surface area contributed by atoms with Crippen LogP contribution in [-0.4, -0.2) is 12.6 Å². The van der Waals surface area contributed by atoms with Gasteiger partial charge in [-0.25, -0.2) is 4.79 Å². The number of rotatable bonds is 18. The van der Waals surface area contributed by atoms with E-state index in [1.807, 2.05) is 60.1 Å². The second-order valence-electron chi connectivity index (χ2n) is 9.70. The van der Waals surface area contributed by atoms with Gasteiger partial charge >= 0.3 is 6.03 Å². The molecule has 3 aromatic rings. The van der Waals surface area contributed by atoms with Crippen LogP contribution in [0.3, 0.4) is 0 Å². The number of carbonyl (C=O) groups excluding carboxylic acids is 1. The van der Waals surface area contributed by atoms with Gasteiger partial charge in [0.1, 0.15) is 5.75 Å². The molecule has 0 saturated carbocycles. The van der Waals surface area contributed by atoms with Crippen LogP contribution in [0.5, 0.6) is 5.75 Å². The summed E-state index contributed by atoms with van der Waals surface area (Å²) in [6.45, 7) is 3.73. The Morgan fingerprint density at radius 2 is 1.45 bits per heavy atom. The van der Waals surface area contributed by atoms with Crippen LogP contribution in [-0.2, 0) is 6.54 Å². The van der Waals surface area contributed by atoms with E-state index in [0.29, 0.717) is 6.54 Å². The molecule has 0 aliphatic carbocycles. The second-order valence-corrected chi connectivity index (χ2v) is 10.5. The molecule has 0 spiro atoms. The highest BCUT2D eigenvalue weighted by molar-refractivity contribution is 7.07. The van der Waals surface area contributed by atoms with Crippen molar-refractivity contribution in [3.8, 4) is 5.75 Å². The number of ether oxygens (including phenoxy) is 1. The third-order valence-electron chi connectivity index (χ3n) is 6.52. The lowest BCUT2D eigenvalue weighted by molar-refractivity contribution is -0.683. The quantitative estimate of drug-likeness (QED) is 0.143. The van der Waals surface area contributed by atoms with Gasteiger partial charge in [0.05, 0.1) is 17.7 Å². The third-order valence-corrected chi connectivity index (χ3v) is 7.20. The molecule has 2 aromatic carbocycles. The van der Waals surface area contributed by atoms with Crippen LogP contribution in [0.2, 0.25) is 0 Å². The van der Waals surface area contributed by atoms with Crippen molar-refractivity contribution < 1.29 is 31.1 Å². The predicted molar refractivity (Wildman–Crippen MR) is 156 cm³/mol. The van der Waals surface area contributed by atoms with E-state index < -0.39 is 0 Å². The Morgan fingerprint density at radius 3 is 2.08 bits per heavy atom. The minimum atomic E-state index is -0.257. The molecule has 0 aliphatic rings. The fourth-order valence-electron chi connectivity index (χ4n) is 4.38. The number of unbranched alkanes of at least 4 members (excludes halogenated alkanes) is 11. The maximum Gasteiger partial charge on any atom is 0.323 e. The number of carbonyl (C=O) groups is 1. The number of hydrogen-bond donors (Lipinski definition) is 2. The van der Waals surface area contributed by atoms with Crippen LogP contribution in [0.15, 0.2) is 65.6 Å². The predicted octanol–water partition coefficient (Wildman–Crippen LogP) is 5.81. The normalized spacial score (nSPS) is 10.6. The van der Waals surface area contributed by atoms with Gasteiger partial charge in [0.25, 0.3) is 0 Å². The van der Waals surface area contributed by atoms with E-state index in [0.717, 1.165) is 35.7 Å². The number of aromatic nitrogens is 1. The van der Waals surface area contributed by atoms with Gasteiger partial charge in [-0.05, 0) is 36.8 Å². The van der Waals surface area contributed by atoms with E-state index in [1.54, 1.807) is 11.3 Å². The van der Waals surface area contributed by atoms with Crippen molar-refractivity contribution in [1.29, 1.82) is 0 Å². The van der Waals surface area contributed by atoms with Gasteiger partial charge in [0.2, 0.25) is 5.51 Å². The average Bonchev–Trinajstić information content (AvgIpc) is 3.42. The van der Waals surface area contributed by atoms with Gasteiger partial charge in [-0.3, -0.25) is 0 Å². The lowest BCUT2D eigenvalue weighted by Crippen LogP contribution is -3.00. The summed E-state index contributed by atoms with van der Waals surface area (Å²) in [7, 11) is 0. The zero-order valence-electron chi connectivity index (χ0n) is 22.8. The number of benzene rings is 2. The maximum absolute atomic E-state index is 12.6. The monoisotopic (exact) mass is 601 g/mol. The second kappa shape index (κ2) is 19.7. The molecule has 38 heavy (non-hydrogen) atoms. The van der Waals surface area contributed by atoms with Gasteiger partial charge < -0.3 is 32.4 Å². The zero-order valence-corrected chi connectivity index (χ0v) is 25.2. The van der Waals surface area contributed by atoms with Gasteiger partial charge in [-0.2, -0.15) is 4.57 Å². The fourth-order valence-corrected chi connectivity index (χ4v) is 4.98. The molecule has 0 aliphatic heterocycles. The smallest absolute Gasteiger partial charge is 0.323 e. The van der Waals surface area contributed by atoms with Crippen molar-refractivity contribution in [2.24, 2.45) is 0 Å². The minimum absolute atomic E-state index is 0. The number of thiazole rings is 1. The van der Waals surface area contributed by atoms with Crippen LogP contribution in [0.1, 0.15) is 89.5 Å². The molecule has 0 fully saturated rings. The molecule has 0 radical (unpaired) electrons. The van der Waals surface area contributed by atoms with Gasteiger partial charge in [0.15, 0.2) is 12.7 Å². The average molecular weight is 603 g/mol. The highest BCUT2D eigenvalue weighted by Gasteiger charge is 2.11. The molecule has 2 amide bonds. The molecule has 5 nitrogen and oxygen atoms in total. The van der Waals surface area contributed by atoms with Crippen molar-refractivity contribution >= 4 is 28.7 Å². The molecule has 3 rings (SSSR count). The summed E-state index contributed by atoms with van der Waals surface area (Å²) in [4.78, 5) is 12.6. The molecule has 7 heteroatoms. The van der Waals surface area contributed by atoms with Crippen molar-refractivity contribution in [3.05, 3.63) is 71.2 Å². The van der Waals surface area contributed by atoms with Gasteiger partial charge in [0, 0.05) is 11.3 Å². The zero-order chi connectivity index (χ0) is 26.0. The van der Waals surface area contributed by atoms with E-state index in [-0.39, 0.29) is 23.0 Å². The Morgan fingerprint density at radius 1 is 0.816 bits per heavy atom. The number of nitrogens with zero attached hydrogens (tertiary/aromatic N) is 1. The number of hydrogen-bond acceptors (Lipinski definition) is 3. The summed E-state index contributed by atoms with van der Waals surface area (Å²) < 4.78 is 7.99. The number of nitrogens with one attached hydrogen (secondary N) is 2. The van der Waals surface area contributed by atoms with E-state index in [1.165, 1.54) is 70.6 Å². The van der Waals surface area contributed by atoms with Gasteiger partial charge in [-0.15, -0.1) is 0 Å². The molecule has 208 valence electrons. The fraction of sp³-hybridized carbons (Fsp3) is 0.484. The lowest BCUT2D eigenvalue weighted by Gasteiger charge is -2.11. The van der Waals surface area contributed by atoms with Crippen LogP contribution < -0.4 is 36.9 Å². The summed E-state index contributed by atoms with van der Waals surface area (Å²) in [5.41, 5.74) is 4.65. The molecule has 0 bridgehead atoms. The standard InChI is InChI=1S/C31H43N3O2S.BrH/c1-2-3-4-5-6-7-8-9-10-11-12-15-23-36-29-20-18-28(19-21-29)32-31(35)33-30-17-14-13-16-27(30)25-34-22-24-37-26-34;/h13-14,16-22,24,26H,2-12,15,23,25H2,1H3,(H-,32,33,35);1H. The van der Waals surface area contributed by atoms with Crippen LogP contribution in [0.25, 0.3) is 0 Å². The molecule has 1 aromatic heterocycles. The van der Waals surface area contributed by atoms with E-state index in [9.17, 15) is 4.79 Å². The molecular weight excluding hydrogens is 558 g/mol. The minimum Gasteiger partial charge on any atom is -1.00 e. The number of anilines is 2. The first-order valence-electron chi connectivity index (χ1n) is 14.0. The largest absolute Gasteiger partial charge is 1.00 e. The van der Waals surface area contributed by atoms with Crippen LogP contribution in [0, 0.1) is 0 Å². The van der Waals surface area contributed by atoms with Crippen molar-refractivity contribution in [2.75, 3.05) is 17.2 Å². The van der Waals surface area contributed by atoms with Crippen molar-refractivity contribution in [3.63, 3.8) is 0 Å². The number of urea groups is 1. The summed E-state index contributed by atoms with van der Waals surface area (Å²) >= 11 is 1.65. The Kier molecular flexibility index (Phi) is 16.5. The van der Waals surface area contributed by atoms with Crippen LogP contribution >= 0.6 is 11.3 Å². The summed E-state index contributed by atoms with van der Waals surface area (Å²) in [6.07, 6.45) is 18.1. The lowest BCUT2D eigenvalue weighted by atomic mass is 10.1. The first kappa shape index (κ1) is 31.8.